The van der Waals surface area contributed by atoms with Crippen LogP contribution in [0.4, 0.5) is 10.8 Å². The number of anilines is 2. The van der Waals surface area contributed by atoms with E-state index < -0.39 is 0 Å². The summed E-state index contributed by atoms with van der Waals surface area (Å²) in [4.78, 5) is 11.6. The number of hydrogen-bond donors (Lipinski definition) is 2. The van der Waals surface area contributed by atoms with E-state index >= 15 is 0 Å². The first-order valence-electron chi connectivity index (χ1n) is 5.07. The first-order valence-corrected chi connectivity index (χ1v) is 5.89. The molecule has 2 aromatic heterocycles. The highest BCUT2D eigenvalue weighted by Crippen LogP contribution is 2.15. The van der Waals surface area contributed by atoms with Crippen molar-refractivity contribution >= 4 is 28.1 Å². The third kappa shape index (κ3) is 3.00. The van der Waals surface area contributed by atoms with Gasteiger partial charge in [-0.15, -0.1) is 10.2 Å². The number of carbonyl (C=O) groups is 1. The van der Waals surface area contributed by atoms with E-state index in [9.17, 15) is 4.79 Å². The lowest BCUT2D eigenvalue weighted by Crippen LogP contribution is -2.18. The number of carbonyl (C=O) groups excluding carboxylic acids is 1. The molecule has 17 heavy (non-hydrogen) atoms. The van der Waals surface area contributed by atoms with Crippen molar-refractivity contribution in [1.82, 2.24) is 20.0 Å². The van der Waals surface area contributed by atoms with Crippen LogP contribution in [0.25, 0.3) is 0 Å². The predicted molar refractivity (Wildman–Crippen MR) is 64.6 cm³/mol. The normalized spacial score (nSPS) is 10.4. The molecule has 0 bridgehead atoms. The van der Waals surface area contributed by atoms with Crippen molar-refractivity contribution in [3.8, 4) is 0 Å². The Bertz CT molecular complexity index is 519. The molecule has 0 aliphatic rings. The van der Waals surface area contributed by atoms with E-state index in [1.807, 2.05) is 6.92 Å². The Morgan fingerprint density at radius 1 is 1.59 bits per heavy atom. The number of amides is 1. The summed E-state index contributed by atoms with van der Waals surface area (Å²) in [6.45, 7) is 2.09. The maximum Gasteiger partial charge on any atom is 0.247 e. The second-order valence-corrected chi connectivity index (χ2v) is 4.44. The highest BCUT2D eigenvalue weighted by atomic mass is 32.1. The monoisotopic (exact) mass is 252 g/mol. The fourth-order valence-electron chi connectivity index (χ4n) is 1.22. The van der Waals surface area contributed by atoms with E-state index in [4.69, 9.17) is 5.73 Å². The van der Waals surface area contributed by atoms with E-state index in [0.29, 0.717) is 10.8 Å². The van der Waals surface area contributed by atoms with Gasteiger partial charge in [0.15, 0.2) is 0 Å². The predicted octanol–water partition coefficient (Wildman–Crippen LogP) is 0.518. The van der Waals surface area contributed by atoms with Crippen molar-refractivity contribution in [2.75, 3.05) is 11.1 Å². The van der Waals surface area contributed by atoms with Gasteiger partial charge in [0.05, 0.1) is 11.9 Å². The number of nitrogens with one attached hydrogen (secondary N) is 1. The van der Waals surface area contributed by atoms with Crippen LogP contribution >= 0.6 is 11.3 Å². The molecule has 2 heterocycles. The van der Waals surface area contributed by atoms with Gasteiger partial charge >= 0.3 is 0 Å². The summed E-state index contributed by atoms with van der Waals surface area (Å²) in [5, 5.41) is 15.7. The summed E-state index contributed by atoms with van der Waals surface area (Å²) in [6, 6.07) is 0. The molecule has 0 aliphatic heterocycles. The van der Waals surface area contributed by atoms with Gasteiger partial charge < -0.3 is 5.73 Å². The standard InChI is InChI=1S/C9H12N6OS/c1-2-8-13-14-9(17-8)12-7(16)5-15-4-6(10)3-11-15/h3-4H,2,5,10H2,1H3,(H,12,14,16). The molecule has 0 atom stereocenters. The average Bonchev–Trinajstić information content (AvgIpc) is 2.88. The minimum Gasteiger partial charge on any atom is -0.396 e. The third-order valence-electron chi connectivity index (χ3n) is 1.97. The molecule has 7 nitrogen and oxygen atoms in total. The zero-order valence-electron chi connectivity index (χ0n) is 9.25. The number of nitrogens with zero attached hydrogens (tertiary/aromatic N) is 4. The van der Waals surface area contributed by atoms with Crippen molar-refractivity contribution < 1.29 is 4.79 Å². The van der Waals surface area contributed by atoms with Crippen molar-refractivity contribution in [1.29, 1.82) is 0 Å². The molecular weight excluding hydrogens is 240 g/mol. The number of hydrogen-bond acceptors (Lipinski definition) is 6. The summed E-state index contributed by atoms with van der Waals surface area (Å²) >= 11 is 1.37. The minimum absolute atomic E-state index is 0.109. The zero-order valence-corrected chi connectivity index (χ0v) is 10.1. The van der Waals surface area contributed by atoms with E-state index in [-0.39, 0.29) is 12.5 Å². The number of nitrogen functional groups attached to an aromatic ring is 1. The number of aryl methyl sites for hydroxylation is 1. The van der Waals surface area contributed by atoms with Gasteiger partial charge in [-0.05, 0) is 6.42 Å². The van der Waals surface area contributed by atoms with Gasteiger partial charge in [-0.25, -0.2) is 0 Å². The topological polar surface area (TPSA) is 98.7 Å². The van der Waals surface area contributed by atoms with E-state index in [1.54, 1.807) is 6.20 Å². The Kier molecular flexibility index (Phi) is 3.33. The van der Waals surface area contributed by atoms with Gasteiger partial charge in [0.1, 0.15) is 11.6 Å². The van der Waals surface area contributed by atoms with Crippen LogP contribution in [0.15, 0.2) is 12.4 Å². The van der Waals surface area contributed by atoms with Gasteiger partial charge in [0, 0.05) is 6.20 Å². The number of rotatable bonds is 4. The SMILES string of the molecule is CCc1nnc(NC(=O)Cn2cc(N)cn2)s1. The molecule has 90 valence electrons. The van der Waals surface area contributed by atoms with Crippen molar-refractivity contribution in [3.05, 3.63) is 17.4 Å². The first-order chi connectivity index (χ1) is 8.17. The van der Waals surface area contributed by atoms with Crippen LogP contribution in [-0.2, 0) is 17.8 Å². The molecule has 0 radical (unpaired) electrons. The third-order valence-corrected chi connectivity index (χ3v) is 2.96. The molecule has 0 saturated carbocycles. The van der Waals surface area contributed by atoms with E-state index in [0.717, 1.165) is 11.4 Å². The zero-order chi connectivity index (χ0) is 12.3. The van der Waals surface area contributed by atoms with Gasteiger partial charge in [0.25, 0.3) is 0 Å². The lowest BCUT2D eigenvalue weighted by atomic mass is 10.5. The minimum atomic E-state index is -0.202. The molecule has 0 aromatic carbocycles. The summed E-state index contributed by atoms with van der Waals surface area (Å²) in [7, 11) is 0. The van der Waals surface area contributed by atoms with Crippen LogP contribution < -0.4 is 11.1 Å². The van der Waals surface area contributed by atoms with Gasteiger partial charge in [-0.2, -0.15) is 5.10 Å². The fraction of sp³-hybridized carbons (Fsp3) is 0.333. The lowest BCUT2D eigenvalue weighted by Gasteiger charge is -2.00. The average molecular weight is 252 g/mol. The van der Waals surface area contributed by atoms with Gasteiger partial charge in [-0.3, -0.25) is 14.8 Å². The largest absolute Gasteiger partial charge is 0.396 e. The Labute approximate surface area is 102 Å². The van der Waals surface area contributed by atoms with Crippen LogP contribution in [0.2, 0.25) is 0 Å². The summed E-state index contributed by atoms with van der Waals surface area (Å²) in [5.74, 6) is -0.202. The van der Waals surface area contributed by atoms with Crippen LogP contribution in [0.1, 0.15) is 11.9 Å². The molecule has 0 fully saturated rings. The van der Waals surface area contributed by atoms with Crippen LogP contribution in [0, 0.1) is 0 Å². The molecule has 1 amide bonds. The van der Waals surface area contributed by atoms with Crippen LogP contribution in [0.3, 0.4) is 0 Å². The van der Waals surface area contributed by atoms with Crippen LogP contribution in [-0.4, -0.2) is 25.9 Å². The maximum absolute atomic E-state index is 11.6. The Morgan fingerprint density at radius 3 is 3.00 bits per heavy atom. The van der Waals surface area contributed by atoms with Crippen LogP contribution in [0.5, 0.6) is 0 Å². The second kappa shape index (κ2) is 4.91. The van der Waals surface area contributed by atoms with Crippen molar-refractivity contribution in [2.45, 2.75) is 19.9 Å². The number of nitrogens with two attached hydrogens (primary N) is 1. The molecule has 2 aromatic rings. The summed E-state index contributed by atoms with van der Waals surface area (Å²) in [6.07, 6.45) is 3.90. The van der Waals surface area contributed by atoms with Gasteiger partial charge in [0.2, 0.25) is 11.0 Å². The highest BCUT2D eigenvalue weighted by Gasteiger charge is 2.08. The smallest absolute Gasteiger partial charge is 0.247 e. The molecule has 0 spiro atoms. The summed E-state index contributed by atoms with van der Waals surface area (Å²) in [5.41, 5.74) is 6.02. The first kappa shape index (κ1) is 11.5. The molecule has 0 unspecified atom stereocenters. The lowest BCUT2D eigenvalue weighted by molar-refractivity contribution is -0.116. The fourth-order valence-corrected chi connectivity index (χ4v) is 1.91. The van der Waals surface area contributed by atoms with E-state index in [1.165, 1.54) is 22.2 Å². The maximum atomic E-state index is 11.6. The van der Waals surface area contributed by atoms with E-state index in [2.05, 4.69) is 20.6 Å². The molecule has 2 rings (SSSR count). The van der Waals surface area contributed by atoms with Crippen molar-refractivity contribution in [3.63, 3.8) is 0 Å². The Balaban J connectivity index is 1.93. The Hall–Kier alpha value is -1.96. The molecule has 3 N–H and O–H groups in total. The highest BCUT2D eigenvalue weighted by molar-refractivity contribution is 7.15. The number of aromatic nitrogens is 4. The van der Waals surface area contributed by atoms with Gasteiger partial charge in [-0.1, -0.05) is 18.3 Å². The molecule has 0 aliphatic carbocycles. The molecule has 8 heteroatoms. The molecule has 0 saturated heterocycles. The quantitative estimate of drug-likeness (QED) is 0.826. The Morgan fingerprint density at radius 2 is 2.41 bits per heavy atom. The summed E-state index contributed by atoms with van der Waals surface area (Å²) < 4.78 is 1.46. The van der Waals surface area contributed by atoms with Crippen molar-refractivity contribution in [2.24, 2.45) is 0 Å². The second-order valence-electron chi connectivity index (χ2n) is 3.37. The molecular formula is C9H12N6OS.